The van der Waals surface area contributed by atoms with E-state index in [9.17, 15) is 24.0 Å². The van der Waals surface area contributed by atoms with Crippen molar-refractivity contribution in [3.63, 3.8) is 0 Å². The van der Waals surface area contributed by atoms with Gasteiger partial charge in [0.05, 0.1) is 0 Å². The van der Waals surface area contributed by atoms with Gasteiger partial charge in [0.2, 0.25) is 5.91 Å². The van der Waals surface area contributed by atoms with Crippen LogP contribution in [0.15, 0.2) is 72.8 Å². The monoisotopic (exact) mass is 421 g/mol. The molecule has 0 fully saturated rings. The van der Waals surface area contributed by atoms with Crippen molar-refractivity contribution in [1.82, 2.24) is 0 Å². The molecule has 1 heterocycles. The number of rotatable bonds is 2. The van der Waals surface area contributed by atoms with Crippen LogP contribution in [0.3, 0.4) is 0 Å². The molecular weight excluding hydrogens is 406 g/mol. The van der Waals surface area contributed by atoms with Crippen LogP contribution in [0.25, 0.3) is 0 Å². The summed E-state index contributed by atoms with van der Waals surface area (Å²) in [5.41, 5.74) is -0.431. The van der Waals surface area contributed by atoms with E-state index in [0.29, 0.717) is 11.3 Å². The van der Waals surface area contributed by atoms with Crippen LogP contribution in [-0.2, 0) is 10.2 Å². The van der Waals surface area contributed by atoms with Crippen molar-refractivity contribution in [2.75, 3.05) is 5.32 Å². The van der Waals surface area contributed by atoms with E-state index in [-0.39, 0.29) is 22.3 Å². The van der Waals surface area contributed by atoms with Gasteiger partial charge in [0, 0.05) is 27.9 Å². The molecule has 154 valence electrons. The Morgan fingerprint density at radius 1 is 0.531 bits per heavy atom. The van der Waals surface area contributed by atoms with Gasteiger partial charge >= 0.3 is 0 Å². The molecule has 6 heteroatoms. The first-order chi connectivity index (χ1) is 15.5. The Labute approximate surface area is 182 Å². The van der Waals surface area contributed by atoms with Crippen molar-refractivity contribution < 1.29 is 24.0 Å². The third-order valence-corrected chi connectivity index (χ3v) is 6.87. The highest BCUT2D eigenvalue weighted by Gasteiger charge is 2.68. The minimum Gasteiger partial charge on any atom is -0.325 e. The molecule has 3 aromatic carbocycles. The second-order valence-electron chi connectivity index (χ2n) is 8.28. The molecule has 1 N–H and O–H groups in total. The summed E-state index contributed by atoms with van der Waals surface area (Å²) in [7, 11) is 0. The predicted molar refractivity (Wildman–Crippen MR) is 114 cm³/mol. The summed E-state index contributed by atoms with van der Waals surface area (Å²) >= 11 is 0. The topological polar surface area (TPSA) is 97.4 Å². The molecule has 32 heavy (non-hydrogen) atoms. The number of carbonyl (C=O) groups is 5. The molecule has 0 unspecified atom stereocenters. The molecule has 0 saturated carbocycles. The molecule has 2 aliphatic carbocycles. The highest BCUT2D eigenvalue weighted by atomic mass is 16.2. The van der Waals surface area contributed by atoms with E-state index >= 15 is 0 Å². The van der Waals surface area contributed by atoms with Crippen molar-refractivity contribution in [1.29, 1.82) is 0 Å². The van der Waals surface area contributed by atoms with Gasteiger partial charge in [0.25, 0.3) is 0 Å². The van der Waals surface area contributed by atoms with Gasteiger partial charge in [0.1, 0.15) is 17.3 Å². The Bertz CT molecular complexity index is 1270. The number of ketones is 4. The quantitative estimate of drug-likeness (QED) is 0.641. The minimum absolute atomic E-state index is 0.203. The summed E-state index contributed by atoms with van der Waals surface area (Å²) in [4.78, 5) is 68.0. The zero-order valence-electron chi connectivity index (χ0n) is 16.6. The van der Waals surface area contributed by atoms with Crippen LogP contribution in [0, 0.1) is 11.8 Å². The lowest BCUT2D eigenvalue weighted by atomic mass is 9.60. The highest BCUT2D eigenvalue weighted by molar-refractivity contribution is 6.35. The van der Waals surface area contributed by atoms with E-state index in [1.165, 1.54) is 24.3 Å². The molecule has 6 nitrogen and oxygen atoms in total. The predicted octanol–water partition coefficient (Wildman–Crippen LogP) is 3.27. The number of Topliss-reactive ketones (excluding diaryl/α,β-unsaturated/α-hetero) is 4. The van der Waals surface area contributed by atoms with E-state index in [4.69, 9.17) is 0 Å². The lowest BCUT2D eigenvalue weighted by Gasteiger charge is -2.35. The fourth-order valence-electron chi connectivity index (χ4n) is 5.55. The second-order valence-corrected chi connectivity index (χ2v) is 8.28. The molecule has 0 radical (unpaired) electrons. The molecule has 3 aromatic rings. The standard InChI is InChI=1S/C26H15NO5/c28-21-13-7-1-2-8-14(13)22(29)19(21)26(17-11-5-6-12-18(17)27-25(26)32)20-23(30)15-9-3-4-10-16(15)24(20)31/h1-12,19-20H,(H,27,32). The van der Waals surface area contributed by atoms with Gasteiger partial charge < -0.3 is 5.32 Å². The molecule has 0 spiro atoms. The van der Waals surface area contributed by atoms with Gasteiger partial charge in [-0.15, -0.1) is 0 Å². The maximum absolute atomic E-state index is 13.7. The van der Waals surface area contributed by atoms with E-state index in [1.807, 2.05) is 0 Å². The number of fused-ring (bicyclic) bond motifs is 3. The summed E-state index contributed by atoms with van der Waals surface area (Å²) in [5, 5.41) is 2.73. The van der Waals surface area contributed by atoms with Gasteiger partial charge in [-0.3, -0.25) is 24.0 Å². The van der Waals surface area contributed by atoms with Crippen molar-refractivity contribution in [3.8, 4) is 0 Å². The molecule has 1 aliphatic heterocycles. The Hall–Kier alpha value is -4.19. The average molecular weight is 421 g/mol. The van der Waals surface area contributed by atoms with E-state index in [0.717, 1.165) is 0 Å². The van der Waals surface area contributed by atoms with Crippen LogP contribution in [0.4, 0.5) is 5.69 Å². The van der Waals surface area contributed by atoms with Crippen LogP contribution < -0.4 is 5.32 Å². The highest BCUT2D eigenvalue weighted by Crippen LogP contribution is 2.55. The number of benzene rings is 3. The third kappa shape index (κ3) is 2.01. The molecule has 1 amide bonds. The number of carbonyl (C=O) groups excluding carboxylic acids is 5. The van der Waals surface area contributed by atoms with E-state index in [2.05, 4.69) is 5.32 Å². The largest absolute Gasteiger partial charge is 0.325 e. The maximum atomic E-state index is 13.7. The molecule has 6 rings (SSSR count). The van der Waals surface area contributed by atoms with Crippen LogP contribution >= 0.6 is 0 Å². The molecule has 0 atom stereocenters. The molecule has 0 saturated heterocycles. The van der Waals surface area contributed by atoms with Gasteiger partial charge in [-0.2, -0.15) is 0 Å². The van der Waals surface area contributed by atoms with Crippen molar-refractivity contribution in [3.05, 3.63) is 101 Å². The number of amides is 1. The SMILES string of the molecule is O=C1c2ccccc2C(=O)C1C1(C2C(=O)c3ccccc3C2=O)C(=O)Nc2ccccc21. The van der Waals surface area contributed by atoms with E-state index in [1.54, 1.807) is 48.5 Å². The molecule has 0 bridgehead atoms. The summed E-state index contributed by atoms with van der Waals surface area (Å²) < 4.78 is 0. The fourth-order valence-corrected chi connectivity index (χ4v) is 5.55. The van der Waals surface area contributed by atoms with Crippen LogP contribution in [0.1, 0.15) is 47.0 Å². The summed E-state index contributed by atoms with van der Waals surface area (Å²) in [6.07, 6.45) is 0. The number of nitrogens with one attached hydrogen (secondary N) is 1. The zero-order valence-corrected chi connectivity index (χ0v) is 16.6. The number of anilines is 1. The van der Waals surface area contributed by atoms with Crippen LogP contribution in [0.5, 0.6) is 0 Å². The second kappa shape index (κ2) is 6.17. The van der Waals surface area contributed by atoms with Crippen molar-refractivity contribution in [2.45, 2.75) is 5.41 Å². The molecule has 0 aromatic heterocycles. The Morgan fingerprint density at radius 2 is 0.906 bits per heavy atom. The molecule has 3 aliphatic rings. The lowest BCUT2D eigenvalue weighted by molar-refractivity contribution is -0.122. The fraction of sp³-hybridized carbons (Fsp3) is 0.115. The first-order valence-corrected chi connectivity index (χ1v) is 10.2. The van der Waals surface area contributed by atoms with Gasteiger partial charge in [-0.1, -0.05) is 66.7 Å². The lowest BCUT2D eigenvalue weighted by Crippen LogP contribution is -2.55. The number of para-hydroxylation sites is 1. The van der Waals surface area contributed by atoms with Crippen molar-refractivity contribution in [2.24, 2.45) is 11.8 Å². The van der Waals surface area contributed by atoms with Gasteiger partial charge in [-0.05, 0) is 11.6 Å². The van der Waals surface area contributed by atoms with Crippen molar-refractivity contribution >= 4 is 34.7 Å². The minimum atomic E-state index is -1.96. The summed E-state index contributed by atoms with van der Waals surface area (Å²) in [5.74, 6) is -5.88. The summed E-state index contributed by atoms with van der Waals surface area (Å²) in [6, 6.07) is 19.3. The smallest absolute Gasteiger partial charge is 0.237 e. The van der Waals surface area contributed by atoms with Gasteiger partial charge in [0.15, 0.2) is 23.1 Å². The Balaban J connectivity index is 1.66. The Kier molecular flexibility index (Phi) is 3.58. The maximum Gasteiger partial charge on any atom is 0.237 e. The number of hydrogen-bond acceptors (Lipinski definition) is 5. The first-order valence-electron chi connectivity index (χ1n) is 10.2. The first kappa shape index (κ1) is 18.6. The van der Waals surface area contributed by atoms with E-state index < -0.39 is 46.3 Å². The van der Waals surface area contributed by atoms with Crippen LogP contribution in [0.2, 0.25) is 0 Å². The van der Waals surface area contributed by atoms with Gasteiger partial charge in [-0.25, -0.2) is 0 Å². The average Bonchev–Trinajstić information content (AvgIpc) is 3.35. The molecular formula is C26H15NO5. The normalized spacial score (nSPS) is 19.2. The zero-order chi connectivity index (χ0) is 22.2. The third-order valence-electron chi connectivity index (χ3n) is 6.87. The number of hydrogen-bond donors (Lipinski definition) is 1. The summed E-state index contributed by atoms with van der Waals surface area (Å²) in [6.45, 7) is 0. The Morgan fingerprint density at radius 3 is 1.34 bits per heavy atom. The van der Waals surface area contributed by atoms with Crippen LogP contribution in [-0.4, -0.2) is 29.0 Å².